The Balaban J connectivity index is 1.98. The molecule has 0 atom stereocenters. The highest BCUT2D eigenvalue weighted by atomic mass is 16.5. The molecule has 1 amide bonds. The fourth-order valence-electron chi connectivity index (χ4n) is 1.92. The summed E-state index contributed by atoms with van der Waals surface area (Å²) < 4.78 is 0. The first kappa shape index (κ1) is 11.7. The van der Waals surface area contributed by atoms with Gasteiger partial charge in [0, 0.05) is 30.6 Å². The quantitative estimate of drug-likeness (QED) is 0.628. The molecule has 90 valence electrons. The minimum Gasteiger partial charge on any atom is -0.361 e. The number of para-hydroxylation sites is 1. The van der Waals surface area contributed by atoms with Crippen molar-refractivity contribution in [1.82, 2.24) is 10.0 Å². The topological polar surface area (TPSA) is 56.3 Å². The van der Waals surface area contributed by atoms with E-state index in [0.29, 0.717) is 6.54 Å². The summed E-state index contributed by atoms with van der Waals surface area (Å²) >= 11 is 0. The number of hydroxylamine groups is 2. The molecule has 2 aromatic rings. The van der Waals surface area contributed by atoms with Gasteiger partial charge in [0.1, 0.15) is 0 Å². The second-order valence-corrected chi connectivity index (χ2v) is 4.11. The Morgan fingerprint density at radius 3 is 2.94 bits per heavy atom. The Morgan fingerprint density at radius 1 is 1.41 bits per heavy atom. The van der Waals surface area contributed by atoms with Gasteiger partial charge in [-0.2, -0.15) is 0 Å². The molecule has 0 saturated heterocycles. The van der Waals surface area contributed by atoms with Crippen LogP contribution in [0.5, 0.6) is 0 Å². The van der Waals surface area contributed by atoms with Crippen LogP contribution in [-0.2, 0) is 11.2 Å². The largest absolute Gasteiger partial charge is 0.361 e. The molecule has 2 rings (SSSR count). The molecule has 4 nitrogen and oxygen atoms in total. The summed E-state index contributed by atoms with van der Waals surface area (Å²) in [4.78, 5) is 14.0. The number of nitrogens with one attached hydrogen (secondary N) is 1. The zero-order valence-electron chi connectivity index (χ0n) is 9.81. The Labute approximate surface area is 99.8 Å². The molecule has 0 aliphatic rings. The number of aromatic nitrogens is 1. The highest BCUT2D eigenvalue weighted by molar-refractivity contribution is 5.83. The van der Waals surface area contributed by atoms with E-state index in [1.54, 1.807) is 0 Å². The molecule has 1 aromatic carbocycles. The zero-order valence-corrected chi connectivity index (χ0v) is 9.81. The number of nitrogens with zero attached hydrogens (tertiary/aromatic N) is 1. The lowest BCUT2D eigenvalue weighted by Crippen LogP contribution is -2.25. The molecule has 1 heterocycles. The SMILES string of the molecule is CC(=O)N(O)CCCc1c[nH]c2ccccc12. The predicted octanol–water partition coefficient (Wildman–Crippen LogP) is 2.34. The lowest BCUT2D eigenvalue weighted by Gasteiger charge is -2.11. The van der Waals surface area contributed by atoms with E-state index in [2.05, 4.69) is 11.1 Å². The average Bonchev–Trinajstić information content (AvgIpc) is 2.72. The number of carbonyl (C=O) groups is 1. The van der Waals surface area contributed by atoms with Gasteiger partial charge < -0.3 is 4.98 Å². The van der Waals surface area contributed by atoms with Crippen molar-refractivity contribution in [2.75, 3.05) is 6.54 Å². The number of fused-ring (bicyclic) bond motifs is 1. The number of amides is 1. The molecule has 0 spiro atoms. The number of aryl methyl sites for hydroxylation is 1. The van der Waals surface area contributed by atoms with E-state index in [1.165, 1.54) is 17.9 Å². The third kappa shape index (κ3) is 2.65. The number of hydrogen-bond acceptors (Lipinski definition) is 2. The fourth-order valence-corrected chi connectivity index (χ4v) is 1.92. The second kappa shape index (κ2) is 5.01. The van der Waals surface area contributed by atoms with Crippen LogP contribution in [0.25, 0.3) is 10.9 Å². The highest BCUT2D eigenvalue weighted by Gasteiger charge is 2.06. The van der Waals surface area contributed by atoms with Gasteiger partial charge in [-0.3, -0.25) is 10.0 Å². The number of hydrogen-bond donors (Lipinski definition) is 2. The first-order chi connectivity index (χ1) is 8.18. The summed E-state index contributed by atoms with van der Waals surface area (Å²) in [6, 6.07) is 8.11. The summed E-state index contributed by atoms with van der Waals surface area (Å²) in [6.07, 6.45) is 3.58. The maximum Gasteiger partial charge on any atom is 0.242 e. The van der Waals surface area contributed by atoms with Crippen molar-refractivity contribution in [3.05, 3.63) is 36.0 Å². The van der Waals surface area contributed by atoms with E-state index in [0.717, 1.165) is 23.4 Å². The van der Waals surface area contributed by atoms with E-state index >= 15 is 0 Å². The fraction of sp³-hybridized carbons (Fsp3) is 0.308. The van der Waals surface area contributed by atoms with Gasteiger partial charge in [-0.1, -0.05) is 18.2 Å². The molecule has 0 bridgehead atoms. The van der Waals surface area contributed by atoms with Gasteiger partial charge in [0.2, 0.25) is 5.91 Å². The Bertz CT molecular complexity index is 519. The van der Waals surface area contributed by atoms with Gasteiger partial charge in [0.05, 0.1) is 0 Å². The van der Waals surface area contributed by atoms with Crippen LogP contribution in [0.1, 0.15) is 18.9 Å². The van der Waals surface area contributed by atoms with Crippen LogP contribution in [0.2, 0.25) is 0 Å². The molecule has 1 aromatic heterocycles. The molecular formula is C13H16N2O2. The van der Waals surface area contributed by atoms with Gasteiger partial charge in [-0.05, 0) is 24.5 Å². The molecule has 0 unspecified atom stereocenters. The van der Waals surface area contributed by atoms with Crippen LogP contribution in [0, 0.1) is 0 Å². The summed E-state index contributed by atoms with van der Waals surface area (Å²) in [5.74, 6) is -0.316. The third-order valence-electron chi connectivity index (χ3n) is 2.85. The monoisotopic (exact) mass is 232 g/mol. The highest BCUT2D eigenvalue weighted by Crippen LogP contribution is 2.18. The van der Waals surface area contributed by atoms with Crippen molar-refractivity contribution in [3.8, 4) is 0 Å². The smallest absolute Gasteiger partial charge is 0.242 e. The van der Waals surface area contributed by atoms with Crippen molar-refractivity contribution in [3.63, 3.8) is 0 Å². The lowest BCUT2D eigenvalue weighted by molar-refractivity contribution is -0.162. The summed E-state index contributed by atoms with van der Waals surface area (Å²) in [7, 11) is 0. The van der Waals surface area contributed by atoms with E-state index < -0.39 is 0 Å². The maximum absolute atomic E-state index is 10.8. The van der Waals surface area contributed by atoms with E-state index in [-0.39, 0.29) is 5.91 Å². The first-order valence-corrected chi connectivity index (χ1v) is 5.70. The normalized spacial score (nSPS) is 10.7. The maximum atomic E-state index is 10.8. The van der Waals surface area contributed by atoms with E-state index in [1.807, 2.05) is 24.4 Å². The molecule has 0 fully saturated rings. The molecule has 17 heavy (non-hydrogen) atoms. The second-order valence-electron chi connectivity index (χ2n) is 4.11. The summed E-state index contributed by atoms with van der Waals surface area (Å²) in [6.45, 7) is 1.72. The Morgan fingerprint density at radius 2 is 2.18 bits per heavy atom. The summed E-state index contributed by atoms with van der Waals surface area (Å²) in [5, 5.41) is 11.2. The van der Waals surface area contributed by atoms with Crippen LogP contribution in [0.3, 0.4) is 0 Å². The number of H-pyrrole nitrogens is 1. The van der Waals surface area contributed by atoms with E-state index in [4.69, 9.17) is 0 Å². The number of aromatic amines is 1. The van der Waals surface area contributed by atoms with Crippen molar-refractivity contribution >= 4 is 16.8 Å². The van der Waals surface area contributed by atoms with Crippen molar-refractivity contribution in [1.29, 1.82) is 0 Å². The minimum atomic E-state index is -0.316. The number of carbonyl (C=O) groups excluding carboxylic acids is 1. The lowest BCUT2D eigenvalue weighted by atomic mass is 10.1. The predicted molar refractivity (Wildman–Crippen MR) is 65.8 cm³/mol. The molecule has 2 N–H and O–H groups in total. The Kier molecular flexibility index (Phi) is 3.44. The van der Waals surface area contributed by atoms with Crippen molar-refractivity contribution < 1.29 is 10.0 Å². The van der Waals surface area contributed by atoms with Gasteiger partial charge >= 0.3 is 0 Å². The van der Waals surface area contributed by atoms with Crippen LogP contribution in [-0.4, -0.2) is 27.7 Å². The van der Waals surface area contributed by atoms with Gasteiger partial charge in [-0.15, -0.1) is 0 Å². The first-order valence-electron chi connectivity index (χ1n) is 5.70. The van der Waals surface area contributed by atoms with Crippen molar-refractivity contribution in [2.45, 2.75) is 19.8 Å². The number of rotatable bonds is 4. The van der Waals surface area contributed by atoms with Crippen LogP contribution in [0.4, 0.5) is 0 Å². The van der Waals surface area contributed by atoms with E-state index in [9.17, 15) is 10.0 Å². The van der Waals surface area contributed by atoms with Gasteiger partial charge in [0.15, 0.2) is 0 Å². The van der Waals surface area contributed by atoms with Gasteiger partial charge in [-0.25, -0.2) is 5.06 Å². The zero-order chi connectivity index (χ0) is 12.3. The van der Waals surface area contributed by atoms with Gasteiger partial charge in [0.25, 0.3) is 0 Å². The molecule has 0 aliphatic heterocycles. The van der Waals surface area contributed by atoms with Crippen LogP contribution in [0.15, 0.2) is 30.5 Å². The average molecular weight is 232 g/mol. The van der Waals surface area contributed by atoms with Crippen LogP contribution < -0.4 is 0 Å². The number of benzene rings is 1. The van der Waals surface area contributed by atoms with Crippen LogP contribution >= 0.6 is 0 Å². The minimum absolute atomic E-state index is 0.316. The molecule has 4 heteroatoms. The molecule has 0 saturated carbocycles. The molecule has 0 radical (unpaired) electrons. The standard InChI is InChI=1S/C13H16N2O2/c1-10(16)15(17)8-4-5-11-9-14-13-7-3-2-6-12(11)13/h2-3,6-7,9,14,17H,4-5,8H2,1H3. The Hall–Kier alpha value is -1.81. The van der Waals surface area contributed by atoms with Crippen molar-refractivity contribution in [2.24, 2.45) is 0 Å². The molecule has 0 aliphatic carbocycles. The third-order valence-corrected chi connectivity index (χ3v) is 2.85. The molecular weight excluding hydrogens is 216 g/mol. The summed E-state index contributed by atoms with van der Waals surface area (Å²) in [5.41, 5.74) is 2.34.